The van der Waals surface area contributed by atoms with E-state index in [2.05, 4.69) is 29.8 Å². The monoisotopic (exact) mass is 332 g/mol. The van der Waals surface area contributed by atoms with Crippen molar-refractivity contribution in [1.82, 2.24) is 0 Å². The molecule has 1 saturated heterocycles. The minimum Gasteiger partial charge on any atom is -0.371 e. The number of hydrogen-bond donors (Lipinski definition) is 0. The maximum atomic E-state index is 14.4. The molecular formula is C15H19BrF2O. The van der Waals surface area contributed by atoms with Crippen molar-refractivity contribution < 1.29 is 13.5 Å². The zero-order valence-electron chi connectivity index (χ0n) is 11.2. The first-order valence-electron chi connectivity index (χ1n) is 6.65. The Hall–Kier alpha value is -0.480. The molecule has 1 aliphatic heterocycles. The van der Waals surface area contributed by atoms with Crippen LogP contribution in [-0.2, 0) is 10.7 Å². The summed E-state index contributed by atoms with van der Waals surface area (Å²) < 4.78 is 34.8. The summed E-state index contributed by atoms with van der Waals surface area (Å²) in [6.07, 6.45) is 0.397. The largest absolute Gasteiger partial charge is 0.371 e. The minimum absolute atomic E-state index is 0.0251. The van der Waals surface area contributed by atoms with Crippen LogP contribution in [0.1, 0.15) is 32.3 Å². The summed E-state index contributed by atoms with van der Waals surface area (Å²) in [5.74, 6) is -2.15. The average molecular weight is 333 g/mol. The summed E-state index contributed by atoms with van der Waals surface area (Å²) in [7, 11) is 0. The van der Waals surface area contributed by atoms with Crippen molar-refractivity contribution in [2.45, 2.75) is 38.7 Å². The molecule has 1 heterocycles. The van der Waals surface area contributed by atoms with Crippen molar-refractivity contribution in [3.63, 3.8) is 0 Å². The van der Waals surface area contributed by atoms with Gasteiger partial charge in [0.15, 0.2) is 0 Å². The molecule has 1 fully saturated rings. The van der Waals surface area contributed by atoms with Crippen LogP contribution in [0.3, 0.4) is 0 Å². The van der Waals surface area contributed by atoms with E-state index in [1.54, 1.807) is 12.1 Å². The lowest BCUT2D eigenvalue weighted by atomic mass is 9.91. The molecule has 19 heavy (non-hydrogen) atoms. The van der Waals surface area contributed by atoms with Crippen molar-refractivity contribution in [3.8, 4) is 0 Å². The summed E-state index contributed by atoms with van der Waals surface area (Å²) in [4.78, 5) is 0. The summed E-state index contributed by atoms with van der Waals surface area (Å²) in [6, 6.07) is 6.31. The van der Waals surface area contributed by atoms with Gasteiger partial charge >= 0.3 is 0 Å². The van der Waals surface area contributed by atoms with Gasteiger partial charge in [-0.05, 0) is 36.8 Å². The van der Waals surface area contributed by atoms with Gasteiger partial charge in [-0.15, -0.1) is 0 Å². The Morgan fingerprint density at radius 2 is 2.16 bits per heavy atom. The molecule has 2 unspecified atom stereocenters. The normalized spacial score (nSPS) is 24.1. The van der Waals surface area contributed by atoms with Gasteiger partial charge < -0.3 is 4.74 Å². The standard InChI is InChI=1S/C15H19BrF2O/c1-10(2)6-11-7-14(19-9-11)15(17,18)12-4-3-5-13(16)8-12/h3-5,8,10-11,14H,6-7,9H2,1-2H3. The van der Waals surface area contributed by atoms with E-state index in [4.69, 9.17) is 4.74 Å². The van der Waals surface area contributed by atoms with Gasteiger partial charge in [-0.2, -0.15) is 8.78 Å². The molecular weight excluding hydrogens is 314 g/mol. The third kappa shape index (κ3) is 3.54. The fourth-order valence-corrected chi connectivity index (χ4v) is 3.06. The lowest BCUT2D eigenvalue weighted by Gasteiger charge is -2.23. The van der Waals surface area contributed by atoms with Crippen LogP contribution >= 0.6 is 15.9 Å². The van der Waals surface area contributed by atoms with Gasteiger partial charge in [0.2, 0.25) is 0 Å². The first-order chi connectivity index (χ1) is 8.89. The fraction of sp³-hybridized carbons (Fsp3) is 0.600. The van der Waals surface area contributed by atoms with Gasteiger partial charge in [-0.25, -0.2) is 0 Å². The Labute approximate surface area is 121 Å². The summed E-state index contributed by atoms with van der Waals surface area (Å²) in [5, 5.41) is 0. The highest BCUT2D eigenvalue weighted by atomic mass is 79.9. The molecule has 0 N–H and O–H groups in total. The predicted molar refractivity (Wildman–Crippen MR) is 75.3 cm³/mol. The van der Waals surface area contributed by atoms with E-state index < -0.39 is 12.0 Å². The van der Waals surface area contributed by atoms with E-state index in [9.17, 15) is 8.78 Å². The van der Waals surface area contributed by atoms with Crippen LogP contribution in [0.15, 0.2) is 28.7 Å². The van der Waals surface area contributed by atoms with Gasteiger partial charge in [-0.3, -0.25) is 0 Å². The van der Waals surface area contributed by atoms with Crippen molar-refractivity contribution >= 4 is 15.9 Å². The quantitative estimate of drug-likeness (QED) is 0.754. The first kappa shape index (κ1) is 14.9. The van der Waals surface area contributed by atoms with Gasteiger partial charge in [0.1, 0.15) is 6.10 Å². The van der Waals surface area contributed by atoms with Crippen LogP contribution in [0.2, 0.25) is 0 Å². The van der Waals surface area contributed by atoms with Crippen molar-refractivity contribution in [1.29, 1.82) is 0 Å². The molecule has 1 nitrogen and oxygen atoms in total. The Kier molecular flexibility index (Phi) is 4.62. The SMILES string of the molecule is CC(C)CC1COC(C(F)(F)c2cccc(Br)c2)C1. The van der Waals surface area contributed by atoms with Gasteiger partial charge in [0, 0.05) is 10.0 Å². The van der Waals surface area contributed by atoms with Crippen LogP contribution < -0.4 is 0 Å². The van der Waals surface area contributed by atoms with E-state index in [1.807, 2.05) is 0 Å². The van der Waals surface area contributed by atoms with E-state index in [0.717, 1.165) is 6.42 Å². The minimum atomic E-state index is -2.92. The first-order valence-corrected chi connectivity index (χ1v) is 7.44. The lowest BCUT2D eigenvalue weighted by molar-refractivity contribution is -0.122. The summed E-state index contributed by atoms with van der Waals surface area (Å²) in [6.45, 7) is 4.67. The Balaban J connectivity index is 2.09. The third-order valence-electron chi connectivity index (χ3n) is 3.50. The second-order valence-corrected chi connectivity index (χ2v) is 6.60. The fourth-order valence-electron chi connectivity index (χ4n) is 2.66. The van der Waals surface area contributed by atoms with Gasteiger partial charge in [0.25, 0.3) is 5.92 Å². The highest BCUT2D eigenvalue weighted by molar-refractivity contribution is 9.10. The van der Waals surface area contributed by atoms with Gasteiger partial charge in [0.05, 0.1) is 6.61 Å². The van der Waals surface area contributed by atoms with Crippen LogP contribution in [0.25, 0.3) is 0 Å². The molecule has 0 spiro atoms. The molecule has 0 radical (unpaired) electrons. The van der Waals surface area contributed by atoms with E-state index >= 15 is 0 Å². The molecule has 2 rings (SSSR count). The third-order valence-corrected chi connectivity index (χ3v) is 3.99. The molecule has 0 saturated carbocycles. The van der Waals surface area contributed by atoms with Crippen LogP contribution in [0, 0.1) is 11.8 Å². The van der Waals surface area contributed by atoms with E-state index in [0.29, 0.717) is 23.4 Å². The molecule has 1 aromatic carbocycles. The number of ether oxygens (including phenoxy) is 1. The van der Waals surface area contributed by atoms with Crippen molar-refractivity contribution in [3.05, 3.63) is 34.3 Å². The second-order valence-electron chi connectivity index (χ2n) is 5.69. The molecule has 0 bridgehead atoms. The topological polar surface area (TPSA) is 9.23 Å². The summed E-state index contributed by atoms with van der Waals surface area (Å²) in [5.41, 5.74) is 0.0251. The Bertz CT molecular complexity index is 434. The Morgan fingerprint density at radius 3 is 2.79 bits per heavy atom. The number of benzene rings is 1. The molecule has 2 atom stereocenters. The molecule has 0 amide bonds. The van der Waals surface area contributed by atoms with Crippen LogP contribution in [0.5, 0.6) is 0 Å². The average Bonchev–Trinajstić information content (AvgIpc) is 2.77. The van der Waals surface area contributed by atoms with E-state index in [1.165, 1.54) is 12.1 Å². The maximum absolute atomic E-state index is 14.4. The van der Waals surface area contributed by atoms with Gasteiger partial charge in [-0.1, -0.05) is 41.9 Å². The maximum Gasteiger partial charge on any atom is 0.298 e. The molecule has 106 valence electrons. The summed E-state index contributed by atoms with van der Waals surface area (Å²) >= 11 is 3.23. The van der Waals surface area contributed by atoms with Crippen molar-refractivity contribution in [2.24, 2.45) is 11.8 Å². The Morgan fingerprint density at radius 1 is 1.42 bits per heavy atom. The zero-order chi connectivity index (χ0) is 14.0. The predicted octanol–water partition coefficient (Wildman–Crippen LogP) is 4.99. The second kappa shape index (κ2) is 5.88. The smallest absolute Gasteiger partial charge is 0.298 e. The van der Waals surface area contributed by atoms with Crippen molar-refractivity contribution in [2.75, 3.05) is 6.61 Å². The number of alkyl halides is 2. The van der Waals surface area contributed by atoms with Crippen LogP contribution in [-0.4, -0.2) is 12.7 Å². The highest BCUT2D eigenvalue weighted by Crippen LogP contribution is 2.41. The number of hydrogen-bond acceptors (Lipinski definition) is 1. The molecule has 1 aromatic rings. The molecule has 1 aliphatic rings. The highest BCUT2D eigenvalue weighted by Gasteiger charge is 2.46. The molecule has 0 aromatic heterocycles. The van der Waals surface area contributed by atoms with Crippen LogP contribution in [0.4, 0.5) is 8.78 Å². The number of halogens is 3. The molecule has 0 aliphatic carbocycles. The number of rotatable bonds is 4. The zero-order valence-corrected chi connectivity index (χ0v) is 12.8. The van der Waals surface area contributed by atoms with E-state index in [-0.39, 0.29) is 11.5 Å². The molecule has 4 heteroatoms. The lowest BCUT2D eigenvalue weighted by Crippen LogP contribution is -2.30.